The Morgan fingerprint density at radius 3 is 2.74 bits per heavy atom. The third-order valence-electron chi connectivity index (χ3n) is 3.00. The Labute approximate surface area is 140 Å². The quantitative estimate of drug-likeness (QED) is 0.897. The second kappa shape index (κ2) is 8.62. The highest BCUT2D eigenvalue weighted by Crippen LogP contribution is 2.18. The van der Waals surface area contributed by atoms with Gasteiger partial charge < -0.3 is 10.1 Å². The molecule has 116 valence electrons. The van der Waals surface area contributed by atoms with Crippen LogP contribution in [0.25, 0.3) is 6.08 Å². The molecule has 0 radical (unpaired) electrons. The molecule has 0 fully saturated rings. The first-order valence-corrected chi connectivity index (χ1v) is 7.37. The molecule has 4 nitrogen and oxygen atoms in total. The van der Waals surface area contributed by atoms with Gasteiger partial charge in [-0.2, -0.15) is 5.26 Å². The van der Waals surface area contributed by atoms with E-state index in [-0.39, 0.29) is 6.61 Å². The maximum atomic E-state index is 11.5. The fraction of sp³-hybridized carbons (Fsp3) is 0.111. The van der Waals surface area contributed by atoms with E-state index in [9.17, 15) is 4.79 Å². The first-order valence-electron chi connectivity index (χ1n) is 7.00. The predicted molar refractivity (Wildman–Crippen MR) is 89.8 cm³/mol. The average molecular weight is 327 g/mol. The molecule has 1 amide bonds. The molecule has 0 spiro atoms. The zero-order valence-corrected chi connectivity index (χ0v) is 13.1. The minimum Gasteiger partial charge on any atom is -0.445 e. The van der Waals surface area contributed by atoms with Crippen LogP contribution >= 0.6 is 11.6 Å². The SMILES string of the molecule is N#Cc1ccc(C=CCNC(=O)OCc2ccccc2)c(Cl)c1. The highest BCUT2D eigenvalue weighted by Gasteiger charge is 2.01. The van der Waals surface area contributed by atoms with Gasteiger partial charge in [-0.3, -0.25) is 0 Å². The van der Waals surface area contributed by atoms with E-state index in [2.05, 4.69) is 5.32 Å². The predicted octanol–water partition coefficient (Wildman–Crippen LogP) is 4.15. The number of hydrogen-bond acceptors (Lipinski definition) is 3. The summed E-state index contributed by atoms with van der Waals surface area (Å²) in [4.78, 5) is 11.5. The smallest absolute Gasteiger partial charge is 0.407 e. The number of nitriles is 1. The highest BCUT2D eigenvalue weighted by atomic mass is 35.5. The fourth-order valence-corrected chi connectivity index (χ4v) is 2.08. The molecular weight excluding hydrogens is 312 g/mol. The summed E-state index contributed by atoms with van der Waals surface area (Å²) in [6, 6.07) is 16.5. The van der Waals surface area contributed by atoms with E-state index in [0.29, 0.717) is 17.1 Å². The Kier molecular flexibility index (Phi) is 6.22. The van der Waals surface area contributed by atoms with Gasteiger partial charge in [-0.25, -0.2) is 4.79 Å². The minimum atomic E-state index is -0.482. The van der Waals surface area contributed by atoms with Gasteiger partial charge in [0.25, 0.3) is 0 Å². The second-order valence-electron chi connectivity index (χ2n) is 4.69. The molecule has 0 saturated heterocycles. The van der Waals surface area contributed by atoms with Crippen molar-refractivity contribution in [2.75, 3.05) is 6.54 Å². The topological polar surface area (TPSA) is 62.1 Å². The summed E-state index contributed by atoms with van der Waals surface area (Å²) in [5, 5.41) is 11.9. The van der Waals surface area contributed by atoms with Crippen molar-refractivity contribution < 1.29 is 9.53 Å². The van der Waals surface area contributed by atoms with Gasteiger partial charge in [-0.15, -0.1) is 0 Å². The molecule has 0 aliphatic carbocycles. The number of nitrogens with zero attached hydrogens (tertiary/aromatic N) is 1. The Hall–Kier alpha value is -2.77. The minimum absolute atomic E-state index is 0.234. The van der Waals surface area contributed by atoms with Gasteiger partial charge in [-0.05, 0) is 23.3 Å². The van der Waals surface area contributed by atoms with Crippen LogP contribution in [0.3, 0.4) is 0 Å². The zero-order chi connectivity index (χ0) is 16.5. The lowest BCUT2D eigenvalue weighted by Crippen LogP contribution is -2.24. The maximum absolute atomic E-state index is 11.5. The van der Waals surface area contributed by atoms with E-state index < -0.39 is 6.09 Å². The monoisotopic (exact) mass is 326 g/mol. The van der Waals surface area contributed by atoms with E-state index in [0.717, 1.165) is 11.1 Å². The highest BCUT2D eigenvalue weighted by molar-refractivity contribution is 6.32. The molecule has 1 N–H and O–H groups in total. The number of amides is 1. The lowest BCUT2D eigenvalue weighted by atomic mass is 10.1. The summed E-state index contributed by atoms with van der Waals surface area (Å²) < 4.78 is 5.09. The summed E-state index contributed by atoms with van der Waals surface area (Å²) in [7, 11) is 0. The fourth-order valence-electron chi connectivity index (χ4n) is 1.83. The van der Waals surface area contributed by atoms with Crippen molar-refractivity contribution in [3.05, 3.63) is 76.3 Å². The number of halogens is 1. The molecule has 0 heterocycles. The lowest BCUT2D eigenvalue weighted by molar-refractivity contribution is 0.141. The number of carbonyl (C=O) groups excluding carboxylic acids is 1. The van der Waals surface area contributed by atoms with E-state index in [4.69, 9.17) is 21.6 Å². The lowest BCUT2D eigenvalue weighted by Gasteiger charge is -2.05. The number of alkyl carbamates (subject to hydrolysis) is 1. The van der Waals surface area contributed by atoms with E-state index in [1.807, 2.05) is 36.4 Å². The van der Waals surface area contributed by atoms with Gasteiger partial charge in [0.2, 0.25) is 0 Å². The van der Waals surface area contributed by atoms with Gasteiger partial charge in [0, 0.05) is 11.6 Å². The van der Waals surface area contributed by atoms with Crippen LogP contribution in [-0.4, -0.2) is 12.6 Å². The Morgan fingerprint density at radius 1 is 1.26 bits per heavy atom. The molecule has 0 atom stereocenters. The Balaban J connectivity index is 1.76. The van der Waals surface area contributed by atoms with Crippen molar-refractivity contribution in [2.45, 2.75) is 6.61 Å². The standard InChI is InChI=1S/C18H15ClN2O2/c19-17-11-15(12-20)8-9-16(17)7-4-10-21-18(22)23-13-14-5-2-1-3-6-14/h1-9,11H,10,13H2,(H,21,22). The molecule has 0 bridgehead atoms. The summed E-state index contributed by atoms with van der Waals surface area (Å²) >= 11 is 6.05. The number of ether oxygens (including phenoxy) is 1. The summed E-state index contributed by atoms with van der Waals surface area (Å²) in [6.07, 6.45) is 3.06. The van der Waals surface area contributed by atoms with Crippen LogP contribution < -0.4 is 5.32 Å². The second-order valence-corrected chi connectivity index (χ2v) is 5.10. The summed E-state index contributed by atoms with van der Waals surface area (Å²) in [6.45, 7) is 0.557. The molecule has 2 aromatic rings. The van der Waals surface area contributed by atoms with E-state index in [1.54, 1.807) is 30.4 Å². The Morgan fingerprint density at radius 2 is 2.04 bits per heavy atom. The molecule has 0 aliphatic heterocycles. The number of carbonyl (C=O) groups is 1. The number of rotatable bonds is 5. The van der Waals surface area contributed by atoms with E-state index >= 15 is 0 Å². The summed E-state index contributed by atoms with van der Waals surface area (Å²) in [5.74, 6) is 0. The Bertz CT molecular complexity index is 736. The van der Waals surface area contributed by atoms with Crippen LogP contribution in [0.5, 0.6) is 0 Å². The van der Waals surface area contributed by atoms with Crippen molar-refractivity contribution in [3.8, 4) is 6.07 Å². The average Bonchev–Trinajstić information content (AvgIpc) is 2.58. The molecule has 23 heavy (non-hydrogen) atoms. The van der Waals surface area contributed by atoms with Gasteiger partial charge in [0.1, 0.15) is 6.61 Å². The van der Waals surface area contributed by atoms with Gasteiger partial charge in [0.05, 0.1) is 11.6 Å². The van der Waals surface area contributed by atoms with Crippen molar-refractivity contribution in [3.63, 3.8) is 0 Å². The number of benzene rings is 2. The first-order chi connectivity index (χ1) is 11.2. The van der Waals surface area contributed by atoms with Crippen LogP contribution in [0, 0.1) is 11.3 Å². The van der Waals surface area contributed by atoms with Crippen molar-refractivity contribution in [1.82, 2.24) is 5.32 Å². The van der Waals surface area contributed by atoms with Crippen molar-refractivity contribution >= 4 is 23.8 Å². The third-order valence-corrected chi connectivity index (χ3v) is 3.33. The van der Waals surface area contributed by atoms with Crippen LogP contribution in [0.1, 0.15) is 16.7 Å². The molecule has 2 aromatic carbocycles. The van der Waals surface area contributed by atoms with E-state index in [1.165, 1.54) is 0 Å². The van der Waals surface area contributed by atoms with Crippen LogP contribution in [-0.2, 0) is 11.3 Å². The van der Waals surface area contributed by atoms with Gasteiger partial charge in [-0.1, -0.05) is 60.2 Å². The number of nitrogens with one attached hydrogen (secondary N) is 1. The molecule has 0 unspecified atom stereocenters. The third kappa shape index (κ3) is 5.50. The summed E-state index contributed by atoms with van der Waals surface area (Å²) in [5.41, 5.74) is 2.22. The van der Waals surface area contributed by atoms with Crippen molar-refractivity contribution in [2.24, 2.45) is 0 Å². The largest absolute Gasteiger partial charge is 0.445 e. The molecule has 0 aromatic heterocycles. The zero-order valence-electron chi connectivity index (χ0n) is 12.3. The first kappa shape index (κ1) is 16.6. The molecule has 2 rings (SSSR count). The molecule has 0 saturated carbocycles. The molecule has 0 aliphatic rings. The van der Waals surface area contributed by atoms with Gasteiger partial charge in [0.15, 0.2) is 0 Å². The van der Waals surface area contributed by atoms with Crippen molar-refractivity contribution in [1.29, 1.82) is 5.26 Å². The maximum Gasteiger partial charge on any atom is 0.407 e. The van der Waals surface area contributed by atoms with Crippen LogP contribution in [0.2, 0.25) is 5.02 Å². The molecule has 5 heteroatoms. The number of hydrogen-bond donors (Lipinski definition) is 1. The van der Waals surface area contributed by atoms with Crippen LogP contribution in [0.15, 0.2) is 54.6 Å². The molecular formula is C18H15ClN2O2. The normalized spacial score (nSPS) is 10.3. The van der Waals surface area contributed by atoms with Gasteiger partial charge >= 0.3 is 6.09 Å². The van der Waals surface area contributed by atoms with Crippen LogP contribution in [0.4, 0.5) is 4.79 Å².